The van der Waals surface area contributed by atoms with Crippen molar-refractivity contribution < 1.29 is 9.53 Å². The van der Waals surface area contributed by atoms with E-state index in [0.717, 1.165) is 16.9 Å². The number of ether oxygens (including phenoxy) is 1. The van der Waals surface area contributed by atoms with Gasteiger partial charge in [0.2, 0.25) is 0 Å². The van der Waals surface area contributed by atoms with Crippen molar-refractivity contribution in [3.63, 3.8) is 0 Å². The number of amides is 1. The highest BCUT2D eigenvalue weighted by Gasteiger charge is 2.19. The highest BCUT2D eigenvalue weighted by atomic mass is 32.1. The van der Waals surface area contributed by atoms with E-state index in [1.54, 1.807) is 26.0 Å². The van der Waals surface area contributed by atoms with Crippen LogP contribution in [0.15, 0.2) is 18.2 Å². The predicted molar refractivity (Wildman–Crippen MR) is 84.8 cm³/mol. The molecular formula is C15H19N3O2S. The Bertz CT molecular complexity index is 667. The number of nitrogens with two attached hydrogens (primary N) is 1. The van der Waals surface area contributed by atoms with E-state index in [9.17, 15) is 4.79 Å². The van der Waals surface area contributed by atoms with Gasteiger partial charge in [-0.15, -0.1) is 0 Å². The Balaban J connectivity index is 2.21. The first-order valence-electron chi connectivity index (χ1n) is 6.54. The topological polar surface area (TPSA) is 68.5 Å². The molecule has 5 nitrogen and oxygen atoms in total. The van der Waals surface area contributed by atoms with Crippen LogP contribution in [0.25, 0.3) is 0 Å². The molecule has 6 heteroatoms. The van der Waals surface area contributed by atoms with E-state index in [0.29, 0.717) is 22.2 Å². The average Bonchev–Trinajstić information content (AvgIpc) is 2.77. The Morgan fingerprint density at radius 1 is 1.43 bits per heavy atom. The van der Waals surface area contributed by atoms with Crippen LogP contribution in [0, 0.1) is 13.8 Å². The number of hydrogen-bond acceptors (Lipinski definition) is 5. The minimum absolute atomic E-state index is 0.0785. The normalized spacial score (nSPS) is 10.5. The second-order valence-electron chi connectivity index (χ2n) is 4.94. The van der Waals surface area contributed by atoms with Crippen molar-refractivity contribution >= 4 is 22.4 Å². The molecule has 21 heavy (non-hydrogen) atoms. The van der Waals surface area contributed by atoms with Gasteiger partial charge in [0.05, 0.1) is 12.8 Å². The Morgan fingerprint density at radius 3 is 2.71 bits per heavy atom. The molecule has 1 heterocycles. The number of aryl methyl sites for hydroxylation is 2. The summed E-state index contributed by atoms with van der Waals surface area (Å²) in [6.45, 7) is 4.28. The lowest BCUT2D eigenvalue weighted by atomic mass is 10.1. The molecule has 2 rings (SSSR count). The number of nitrogens with zero attached hydrogens (tertiary/aromatic N) is 2. The zero-order valence-electron chi connectivity index (χ0n) is 12.6. The largest absolute Gasteiger partial charge is 0.496 e. The summed E-state index contributed by atoms with van der Waals surface area (Å²) in [7, 11) is 3.39. The van der Waals surface area contributed by atoms with E-state index in [4.69, 9.17) is 10.5 Å². The van der Waals surface area contributed by atoms with Gasteiger partial charge in [-0.05, 0) is 19.9 Å². The van der Waals surface area contributed by atoms with E-state index in [2.05, 4.69) is 4.98 Å². The molecule has 0 aliphatic heterocycles. The van der Waals surface area contributed by atoms with Crippen LogP contribution in [0.2, 0.25) is 0 Å². The third-order valence-corrected chi connectivity index (χ3v) is 4.17. The molecule has 0 bridgehead atoms. The average molecular weight is 305 g/mol. The summed E-state index contributed by atoms with van der Waals surface area (Å²) in [4.78, 5) is 18.8. The fourth-order valence-corrected chi connectivity index (χ4v) is 2.98. The number of rotatable bonds is 4. The van der Waals surface area contributed by atoms with Crippen LogP contribution in [0.4, 0.5) is 5.13 Å². The fraction of sp³-hybridized carbons (Fsp3) is 0.333. The van der Waals surface area contributed by atoms with Crippen LogP contribution in [0.1, 0.15) is 26.5 Å². The van der Waals surface area contributed by atoms with Gasteiger partial charge in [0.1, 0.15) is 10.6 Å². The lowest BCUT2D eigenvalue weighted by molar-refractivity contribution is 0.0788. The second kappa shape index (κ2) is 6.13. The van der Waals surface area contributed by atoms with Gasteiger partial charge in [-0.2, -0.15) is 0 Å². The Labute approximate surface area is 128 Å². The van der Waals surface area contributed by atoms with Crippen molar-refractivity contribution in [2.45, 2.75) is 20.4 Å². The summed E-state index contributed by atoms with van der Waals surface area (Å²) >= 11 is 1.22. The summed E-state index contributed by atoms with van der Waals surface area (Å²) in [5.74, 6) is 0.700. The third-order valence-electron chi connectivity index (χ3n) is 3.20. The van der Waals surface area contributed by atoms with E-state index in [1.165, 1.54) is 11.3 Å². The second-order valence-corrected chi connectivity index (χ2v) is 5.97. The summed E-state index contributed by atoms with van der Waals surface area (Å²) in [6, 6.07) is 5.92. The summed E-state index contributed by atoms with van der Waals surface area (Å²) in [6.07, 6.45) is 0. The molecule has 1 aromatic carbocycles. The van der Waals surface area contributed by atoms with Crippen LogP contribution in [0.5, 0.6) is 5.75 Å². The van der Waals surface area contributed by atoms with Crippen LogP contribution >= 0.6 is 11.3 Å². The lowest BCUT2D eigenvalue weighted by Crippen LogP contribution is -2.26. The van der Waals surface area contributed by atoms with Crippen molar-refractivity contribution in [1.82, 2.24) is 9.88 Å². The van der Waals surface area contributed by atoms with Gasteiger partial charge >= 0.3 is 0 Å². The van der Waals surface area contributed by atoms with Crippen LogP contribution in [-0.4, -0.2) is 29.9 Å². The number of nitrogen functional groups attached to an aromatic ring is 1. The highest BCUT2D eigenvalue weighted by molar-refractivity contribution is 7.17. The van der Waals surface area contributed by atoms with Gasteiger partial charge in [0.25, 0.3) is 5.91 Å². The number of thiazole rings is 1. The standard InChI is InChI=1S/C15H19N3O2S/c1-9-5-6-12(20-4)11(7-9)8-18(3)14(19)13-10(2)17-15(16)21-13/h5-7H,8H2,1-4H3,(H2,16,17). The van der Waals surface area contributed by atoms with Gasteiger partial charge in [-0.25, -0.2) is 4.98 Å². The zero-order chi connectivity index (χ0) is 15.6. The maximum absolute atomic E-state index is 12.5. The minimum Gasteiger partial charge on any atom is -0.496 e. The summed E-state index contributed by atoms with van der Waals surface area (Å²) in [5, 5.41) is 0.414. The van der Waals surface area contributed by atoms with E-state index in [-0.39, 0.29) is 5.91 Å². The number of carbonyl (C=O) groups is 1. The molecule has 0 unspecified atom stereocenters. The number of hydrogen-bond donors (Lipinski definition) is 1. The molecule has 0 spiro atoms. The smallest absolute Gasteiger partial charge is 0.265 e. The summed E-state index contributed by atoms with van der Waals surface area (Å²) in [5.41, 5.74) is 8.43. The molecule has 1 amide bonds. The van der Waals surface area contributed by atoms with Gasteiger partial charge in [0.15, 0.2) is 5.13 Å². The molecule has 2 N–H and O–H groups in total. The van der Waals surface area contributed by atoms with Crippen molar-refractivity contribution in [2.75, 3.05) is 19.9 Å². The molecule has 0 aliphatic rings. The molecule has 0 atom stereocenters. The molecule has 1 aromatic heterocycles. The first-order chi connectivity index (χ1) is 9.92. The molecule has 2 aromatic rings. The molecule has 0 saturated carbocycles. The van der Waals surface area contributed by atoms with Gasteiger partial charge in [-0.1, -0.05) is 29.0 Å². The van der Waals surface area contributed by atoms with Crippen molar-refractivity contribution in [2.24, 2.45) is 0 Å². The number of carbonyl (C=O) groups excluding carboxylic acids is 1. The Kier molecular flexibility index (Phi) is 4.47. The SMILES string of the molecule is COc1ccc(C)cc1CN(C)C(=O)c1sc(N)nc1C. The lowest BCUT2D eigenvalue weighted by Gasteiger charge is -2.18. The highest BCUT2D eigenvalue weighted by Crippen LogP contribution is 2.24. The Morgan fingerprint density at radius 2 is 2.14 bits per heavy atom. The molecule has 0 saturated heterocycles. The van der Waals surface area contributed by atoms with Crippen LogP contribution in [-0.2, 0) is 6.54 Å². The van der Waals surface area contributed by atoms with E-state index in [1.807, 2.05) is 25.1 Å². The van der Waals surface area contributed by atoms with Crippen molar-refractivity contribution in [3.05, 3.63) is 39.9 Å². The van der Waals surface area contributed by atoms with E-state index >= 15 is 0 Å². The Hall–Kier alpha value is -2.08. The van der Waals surface area contributed by atoms with Gasteiger partial charge in [0, 0.05) is 19.2 Å². The fourth-order valence-electron chi connectivity index (χ4n) is 2.15. The molecular weight excluding hydrogens is 286 g/mol. The summed E-state index contributed by atoms with van der Waals surface area (Å²) < 4.78 is 5.35. The number of benzene rings is 1. The number of aromatic nitrogens is 1. The van der Waals surface area contributed by atoms with Gasteiger partial charge in [-0.3, -0.25) is 4.79 Å². The quantitative estimate of drug-likeness (QED) is 0.943. The first kappa shape index (κ1) is 15.3. The maximum atomic E-state index is 12.5. The zero-order valence-corrected chi connectivity index (χ0v) is 13.5. The monoisotopic (exact) mass is 305 g/mol. The van der Waals surface area contributed by atoms with Crippen molar-refractivity contribution in [3.8, 4) is 5.75 Å². The predicted octanol–water partition coefficient (Wildman–Crippen LogP) is 2.62. The maximum Gasteiger partial charge on any atom is 0.265 e. The van der Waals surface area contributed by atoms with Gasteiger partial charge < -0.3 is 15.4 Å². The molecule has 0 fully saturated rings. The molecule has 0 aliphatic carbocycles. The van der Waals surface area contributed by atoms with Crippen LogP contribution < -0.4 is 10.5 Å². The van der Waals surface area contributed by atoms with E-state index < -0.39 is 0 Å². The number of methoxy groups -OCH3 is 1. The first-order valence-corrected chi connectivity index (χ1v) is 7.36. The minimum atomic E-state index is -0.0785. The van der Waals surface area contributed by atoms with Crippen LogP contribution in [0.3, 0.4) is 0 Å². The third kappa shape index (κ3) is 3.33. The molecule has 0 radical (unpaired) electrons. The van der Waals surface area contributed by atoms with Crippen molar-refractivity contribution in [1.29, 1.82) is 0 Å². The molecule has 112 valence electrons. The number of anilines is 1.